The van der Waals surface area contributed by atoms with Crippen molar-refractivity contribution in [2.45, 2.75) is 13.8 Å². The molecule has 7 heteroatoms. The number of carbonyl (C=O) groups is 2. The lowest BCUT2D eigenvalue weighted by Crippen LogP contribution is -2.34. The fourth-order valence-electron chi connectivity index (χ4n) is 3.25. The van der Waals surface area contributed by atoms with Crippen LogP contribution >= 0.6 is 0 Å². The highest BCUT2D eigenvalue weighted by atomic mass is 16.6. The molecule has 29 heavy (non-hydrogen) atoms. The van der Waals surface area contributed by atoms with E-state index in [9.17, 15) is 19.7 Å². The summed E-state index contributed by atoms with van der Waals surface area (Å²) in [6.07, 6.45) is 0. The summed E-state index contributed by atoms with van der Waals surface area (Å²) >= 11 is 0. The molecule has 3 aromatic carbocycles. The molecule has 0 saturated carbocycles. The van der Waals surface area contributed by atoms with Crippen LogP contribution in [0, 0.1) is 17.0 Å². The van der Waals surface area contributed by atoms with Crippen molar-refractivity contribution < 1.29 is 19.2 Å². The Balaban J connectivity index is 1.78. The smallest absolute Gasteiger partial charge is 0.339 e. The second-order valence-electron chi connectivity index (χ2n) is 6.42. The van der Waals surface area contributed by atoms with Gasteiger partial charge in [0.1, 0.15) is 0 Å². The minimum Gasteiger partial charge on any atom is -0.452 e. The number of benzene rings is 3. The first kappa shape index (κ1) is 20.0. The molecule has 0 fully saturated rings. The molecule has 0 N–H and O–H groups in total. The zero-order chi connectivity index (χ0) is 21.0. The Morgan fingerprint density at radius 2 is 1.72 bits per heavy atom. The molecule has 148 valence electrons. The van der Waals surface area contributed by atoms with E-state index < -0.39 is 17.5 Å². The highest BCUT2D eigenvalue weighted by Gasteiger charge is 2.22. The molecule has 7 nitrogen and oxygen atoms in total. The average Bonchev–Trinajstić information content (AvgIpc) is 2.72. The maximum absolute atomic E-state index is 12.8. The highest BCUT2D eigenvalue weighted by Crippen LogP contribution is 2.27. The van der Waals surface area contributed by atoms with Crippen molar-refractivity contribution in [1.29, 1.82) is 0 Å². The number of hydrogen-bond donors (Lipinski definition) is 0. The molecule has 3 aromatic rings. The van der Waals surface area contributed by atoms with E-state index >= 15 is 0 Å². The maximum atomic E-state index is 12.8. The third kappa shape index (κ3) is 4.08. The predicted molar refractivity (Wildman–Crippen MR) is 110 cm³/mol. The standard InChI is InChI=1S/C22H20N2O5/c1-3-23(20-13-6-9-16-8-4-5-10-18(16)20)21(25)14-29-22(26)17-11-7-12-19(15(17)2)24(27)28/h4-13H,3,14H2,1-2H3. The molecular weight excluding hydrogens is 372 g/mol. The van der Waals surface area contributed by atoms with Crippen molar-refractivity contribution >= 4 is 34.0 Å². The van der Waals surface area contributed by atoms with Gasteiger partial charge in [-0.1, -0.05) is 42.5 Å². The van der Waals surface area contributed by atoms with Crippen molar-refractivity contribution in [3.05, 3.63) is 81.9 Å². The normalized spacial score (nSPS) is 10.6. The SMILES string of the molecule is CCN(C(=O)COC(=O)c1cccc([N+](=O)[O-])c1C)c1cccc2ccccc12. The lowest BCUT2D eigenvalue weighted by molar-refractivity contribution is -0.385. The van der Waals surface area contributed by atoms with E-state index in [1.165, 1.54) is 25.1 Å². The molecule has 0 atom stereocenters. The minimum atomic E-state index is -0.770. The number of nitro groups is 1. The van der Waals surface area contributed by atoms with Gasteiger partial charge in [-0.25, -0.2) is 4.79 Å². The van der Waals surface area contributed by atoms with Crippen LogP contribution in [0.15, 0.2) is 60.7 Å². The fraction of sp³-hybridized carbons (Fsp3) is 0.182. The Kier molecular flexibility index (Phi) is 5.87. The number of carbonyl (C=O) groups excluding carboxylic acids is 2. The van der Waals surface area contributed by atoms with Crippen LogP contribution in [0.4, 0.5) is 11.4 Å². The summed E-state index contributed by atoms with van der Waals surface area (Å²) in [6.45, 7) is 3.26. The second-order valence-corrected chi connectivity index (χ2v) is 6.42. The van der Waals surface area contributed by atoms with Gasteiger partial charge in [0.05, 0.1) is 16.2 Å². The van der Waals surface area contributed by atoms with E-state index in [2.05, 4.69) is 0 Å². The zero-order valence-corrected chi connectivity index (χ0v) is 16.1. The monoisotopic (exact) mass is 392 g/mol. The van der Waals surface area contributed by atoms with Gasteiger partial charge in [-0.2, -0.15) is 0 Å². The Bertz CT molecular complexity index is 1090. The van der Waals surface area contributed by atoms with Gasteiger partial charge < -0.3 is 9.64 Å². The lowest BCUT2D eigenvalue weighted by Gasteiger charge is -2.22. The molecule has 1 amide bonds. The van der Waals surface area contributed by atoms with Gasteiger partial charge >= 0.3 is 5.97 Å². The van der Waals surface area contributed by atoms with Crippen molar-refractivity contribution in [2.24, 2.45) is 0 Å². The van der Waals surface area contributed by atoms with Crippen LogP contribution in [0.2, 0.25) is 0 Å². The number of nitrogens with zero attached hydrogens (tertiary/aromatic N) is 2. The quantitative estimate of drug-likeness (QED) is 0.355. The Morgan fingerprint density at radius 3 is 2.45 bits per heavy atom. The molecule has 0 aliphatic rings. The maximum Gasteiger partial charge on any atom is 0.339 e. The van der Waals surface area contributed by atoms with Gasteiger partial charge in [0.25, 0.3) is 11.6 Å². The summed E-state index contributed by atoms with van der Waals surface area (Å²) < 4.78 is 5.17. The number of nitro benzene ring substituents is 1. The van der Waals surface area contributed by atoms with Gasteiger partial charge in [0.15, 0.2) is 6.61 Å². The number of rotatable bonds is 6. The summed E-state index contributed by atoms with van der Waals surface area (Å²) in [5.74, 6) is -1.14. The molecule has 0 aliphatic carbocycles. The predicted octanol–water partition coefficient (Wildman–Crippen LogP) is 4.27. The van der Waals surface area contributed by atoms with Crippen LogP contribution in [-0.2, 0) is 9.53 Å². The first-order valence-corrected chi connectivity index (χ1v) is 9.13. The number of ether oxygens (including phenoxy) is 1. The summed E-state index contributed by atoms with van der Waals surface area (Å²) in [6, 6.07) is 17.6. The topological polar surface area (TPSA) is 89.8 Å². The second kappa shape index (κ2) is 8.52. The van der Waals surface area contributed by atoms with Gasteiger partial charge in [0, 0.05) is 23.6 Å². The van der Waals surface area contributed by atoms with Gasteiger partial charge in [-0.05, 0) is 31.4 Å². The van der Waals surface area contributed by atoms with Crippen LogP contribution in [0.3, 0.4) is 0 Å². The molecule has 0 spiro atoms. The largest absolute Gasteiger partial charge is 0.452 e. The first-order valence-electron chi connectivity index (χ1n) is 9.13. The van der Waals surface area contributed by atoms with Crippen LogP contribution in [-0.4, -0.2) is 30.0 Å². The van der Waals surface area contributed by atoms with Crippen molar-refractivity contribution in [1.82, 2.24) is 0 Å². The summed E-state index contributed by atoms with van der Waals surface area (Å²) in [7, 11) is 0. The van der Waals surface area contributed by atoms with E-state index in [1.54, 1.807) is 4.90 Å². The fourth-order valence-corrected chi connectivity index (χ4v) is 3.25. The number of amides is 1. The highest BCUT2D eigenvalue weighted by molar-refractivity contribution is 6.05. The zero-order valence-electron chi connectivity index (χ0n) is 16.1. The van der Waals surface area contributed by atoms with Crippen molar-refractivity contribution in [2.75, 3.05) is 18.1 Å². The van der Waals surface area contributed by atoms with Gasteiger partial charge in [0.2, 0.25) is 0 Å². The minimum absolute atomic E-state index is 0.0696. The van der Waals surface area contributed by atoms with Crippen LogP contribution in [0.25, 0.3) is 10.8 Å². The van der Waals surface area contributed by atoms with E-state index in [0.717, 1.165) is 16.5 Å². The molecule has 0 bridgehead atoms. The molecule has 0 aromatic heterocycles. The van der Waals surface area contributed by atoms with Gasteiger partial charge in [-0.15, -0.1) is 0 Å². The van der Waals surface area contributed by atoms with E-state index in [-0.39, 0.29) is 22.7 Å². The summed E-state index contributed by atoms with van der Waals surface area (Å²) in [4.78, 5) is 37.2. The molecule has 0 unspecified atom stereocenters. The Hall–Kier alpha value is -3.74. The van der Waals surface area contributed by atoms with Crippen molar-refractivity contribution in [3.8, 4) is 0 Å². The van der Waals surface area contributed by atoms with E-state index in [0.29, 0.717) is 6.54 Å². The summed E-state index contributed by atoms with van der Waals surface area (Å²) in [5.41, 5.74) is 0.839. The third-order valence-corrected chi connectivity index (χ3v) is 4.72. The number of likely N-dealkylation sites (N-methyl/N-ethyl adjacent to an activating group) is 1. The number of anilines is 1. The van der Waals surface area contributed by atoms with Crippen LogP contribution < -0.4 is 4.90 Å². The molecule has 0 heterocycles. The molecule has 3 rings (SSSR count). The molecular formula is C22H20N2O5. The van der Waals surface area contributed by atoms with E-state index in [1.807, 2.05) is 49.4 Å². The van der Waals surface area contributed by atoms with Crippen molar-refractivity contribution in [3.63, 3.8) is 0 Å². The molecule has 0 radical (unpaired) electrons. The summed E-state index contributed by atoms with van der Waals surface area (Å²) in [5, 5.41) is 13.0. The van der Waals surface area contributed by atoms with Gasteiger partial charge in [-0.3, -0.25) is 14.9 Å². The molecule has 0 aliphatic heterocycles. The van der Waals surface area contributed by atoms with Crippen LogP contribution in [0.1, 0.15) is 22.8 Å². The first-order chi connectivity index (χ1) is 13.9. The number of esters is 1. The third-order valence-electron chi connectivity index (χ3n) is 4.72. The van der Waals surface area contributed by atoms with E-state index in [4.69, 9.17) is 4.74 Å². The Labute approximate surface area is 167 Å². The number of hydrogen-bond acceptors (Lipinski definition) is 5. The molecule has 0 saturated heterocycles. The Morgan fingerprint density at radius 1 is 1.03 bits per heavy atom. The average molecular weight is 392 g/mol. The van der Waals surface area contributed by atoms with Crippen LogP contribution in [0.5, 0.6) is 0 Å². The number of fused-ring (bicyclic) bond motifs is 1. The lowest BCUT2D eigenvalue weighted by atomic mass is 10.1.